The molecule has 5 nitrogen and oxygen atoms in total. The lowest BCUT2D eigenvalue weighted by atomic mass is 9.96. The first-order valence-electron chi connectivity index (χ1n) is 7.86. The summed E-state index contributed by atoms with van der Waals surface area (Å²) < 4.78 is 16.2. The summed E-state index contributed by atoms with van der Waals surface area (Å²) in [5, 5.41) is 10.3. The Bertz CT molecular complexity index is 864. The highest BCUT2D eigenvalue weighted by atomic mass is 32.1. The zero-order valence-electron chi connectivity index (χ0n) is 13.3. The van der Waals surface area contributed by atoms with E-state index in [1.165, 1.54) is 16.9 Å². The number of methoxy groups -OCH3 is 1. The molecule has 0 saturated heterocycles. The highest BCUT2D eigenvalue weighted by Gasteiger charge is 2.21. The van der Waals surface area contributed by atoms with Crippen LogP contribution in [0.2, 0.25) is 0 Å². The van der Waals surface area contributed by atoms with E-state index in [1.807, 2.05) is 12.1 Å². The summed E-state index contributed by atoms with van der Waals surface area (Å²) in [6, 6.07) is 6.06. The van der Waals surface area contributed by atoms with E-state index in [0.29, 0.717) is 17.2 Å². The molecule has 1 aliphatic carbocycles. The maximum atomic E-state index is 9.50. The van der Waals surface area contributed by atoms with Crippen LogP contribution < -0.4 is 14.2 Å². The Kier molecular flexibility index (Phi) is 3.87. The molecule has 0 amide bonds. The summed E-state index contributed by atoms with van der Waals surface area (Å²) in [6.07, 6.45) is 6.15. The molecule has 0 unspecified atom stereocenters. The molecular formula is C18H16N2O3S. The number of nitriles is 1. The zero-order valence-corrected chi connectivity index (χ0v) is 14.1. The molecule has 1 aromatic heterocycles. The van der Waals surface area contributed by atoms with E-state index in [2.05, 4.69) is 11.1 Å². The van der Waals surface area contributed by atoms with Crippen LogP contribution in [0.15, 0.2) is 17.1 Å². The number of hydrogen-bond donors (Lipinski definition) is 0. The van der Waals surface area contributed by atoms with Crippen molar-refractivity contribution in [3.8, 4) is 23.3 Å². The molecule has 4 rings (SSSR count). The number of rotatable bonds is 3. The van der Waals surface area contributed by atoms with E-state index in [4.69, 9.17) is 14.2 Å². The average Bonchev–Trinajstić information content (AvgIpc) is 3.22. The molecule has 0 N–H and O–H groups in total. The van der Waals surface area contributed by atoms with E-state index in [0.717, 1.165) is 35.4 Å². The van der Waals surface area contributed by atoms with E-state index < -0.39 is 0 Å². The molecule has 0 atom stereocenters. The minimum atomic E-state index is 0.197. The van der Waals surface area contributed by atoms with Gasteiger partial charge in [0, 0.05) is 16.7 Å². The Labute approximate surface area is 144 Å². The number of aliphatic imine (C=N–C) groups is 1. The molecule has 122 valence electrons. The van der Waals surface area contributed by atoms with E-state index in [-0.39, 0.29) is 6.79 Å². The van der Waals surface area contributed by atoms with Crippen molar-refractivity contribution in [2.75, 3.05) is 13.9 Å². The van der Waals surface area contributed by atoms with Crippen LogP contribution in [0, 0.1) is 11.3 Å². The third-order valence-electron chi connectivity index (χ3n) is 4.28. The smallest absolute Gasteiger partial charge is 0.231 e. The first kappa shape index (κ1) is 15.0. The fraction of sp³-hybridized carbons (Fsp3) is 0.333. The summed E-state index contributed by atoms with van der Waals surface area (Å²) >= 11 is 1.63. The lowest BCUT2D eigenvalue weighted by molar-refractivity contribution is 0.171. The van der Waals surface area contributed by atoms with Crippen molar-refractivity contribution in [1.82, 2.24) is 0 Å². The molecule has 0 fully saturated rings. The van der Waals surface area contributed by atoms with Crippen LogP contribution in [-0.4, -0.2) is 20.1 Å². The number of aryl methyl sites for hydroxylation is 1. The lowest BCUT2D eigenvalue weighted by Gasteiger charge is -2.09. The number of hydrogen-bond acceptors (Lipinski definition) is 6. The highest BCUT2D eigenvalue weighted by Crippen LogP contribution is 2.42. The summed E-state index contributed by atoms with van der Waals surface area (Å²) in [4.78, 5) is 5.89. The van der Waals surface area contributed by atoms with Gasteiger partial charge in [-0.3, -0.25) is 0 Å². The molecule has 2 aromatic rings. The molecule has 1 aromatic carbocycles. The maximum absolute atomic E-state index is 9.50. The van der Waals surface area contributed by atoms with Gasteiger partial charge in [0.25, 0.3) is 0 Å². The highest BCUT2D eigenvalue weighted by molar-refractivity contribution is 7.16. The second-order valence-corrected chi connectivity index (χ2v) is 6.80. The lowest BCUT2D eigenvalue weighted by Crippen LogP contribution is -1.99. The molecule has 2 aliphatic rings. The molecule has 2 heterocycles. The van der Waals surface area contributed by atoms with Gasteiger partial charge in [-0.05, 0) is 43.4 Å². The van der Waals surface area contributed by atoms with Crippen LogP contribution in [0.3, 0.4) is 0 Å². The van der Waals surface area contributed by atoms with Crippen molar-refractivity contribution in [2.24, 2.45) is 4.99 Å². The van der Waals surface area contributed by atoms with Gasteiger partial charge in [-0.1, -0.05) is 0 Å². The quantitative estimate of drug-likeness (QED) is 0.793. The van der Waals surface area contributed by atoms with E-state index in [1.54, 1.807) is 24.7 Å². The van der Waals surface area contributed by atoms with Gasteiger partial charge < -0.3 is 14.2 Å². The van der Waals surface area contributed by atoms with Gasteiger partial charge in [0.1, 0.15) is 11.1 Å². The molecular weight excluding hydrogens is 324 g/mol. The third-order valence-corrected chi connectivity index (χ3v) is 5.48. The Balaban J connectivity index is 1.69. The predicted octanol–water partition coefficient (Wildman–Crippen LogP) is 3.99. The van der Waals surface area contributed by atoms with E-state index >= 15 is 0 Å². The summed E-state index contributed by atoms with van der Waals surface area (Å²) in [7, 11) is 1.60. The minimum Gasteiger partial charge on any atom is -0.493 e. The normalized spacial score (nSPS) is 15.3. The molecule has 0 radical (unpaired) electrons. The average molecular weight is 340 g/mol. The number of thiophene rings is 1. The SMILES string of the molecule is COc1cc(/C=N/c2sc3c(c2C#N)CCCC3)cc2c1OCO2. The van der Waals surface area contributed by atoms with E-state index in [9.17, 15) is 5.26 Å². The fourth-order valence-electron chi connectivity index (χ4n) is 3.12. The molecule has 24 heavy (non-hydrogen) atoms. The Morgan fingerprint density at radius 1 is 1.29 bits per heavy atom. The standard InChI is InChI=1S/C18H16N2O3S/c1-21-14-6-11(7-15-17(14)23-10-22-15)9-20-18-13(8-19)12-4-2-3-5-16(12)24-18/h6-7,9H,2-5,10H2,1H3/b20-9+. The van der Waals surface area contributed by atoms with Crippen LogP contribution in [-0.2, 0) is 12.8 Å². The van der Waals surface area contributed by atoms with Gasteiger partial charge in [-0.2, -0.15) is 5.26 Å². The molecule has 1 aliphatic heterocycles. The second-order valence-electron chi connectivity index (χ2n) is 5.72. The molecule has 0 bridgehead atoms. The van der Waals surface area contributed by atoms with Crippen LogP contribution in [0.4, 0.5) is 5.00 Å². The minimum absolute atomic E-state index is 0.197. The van der Waals surface area contributed by atoms with Crippen molar-refractivity contribution in [1.29, 1.82) is 5.26 Å². The summed E-state index contributed by atoms with van der Waals surface area (Å²) in [5.41, 5.74) is 2.79. The Morgan fingerprint density at radius 2 is 2.17 bits per heavy atom. The number of ether oxygens (including phenoxy) is 3. The van der Waals surface area contributed by atoms with Crippen molar-refractivity contribution >= 4 is 22.6 Å². The van der Waals surface area contributed by atoms with Gasteiger partial charge in [0.2, 0.25) is 12.5 Å². The van der Waals surface area contributed by atoms with Crippen LogP contribution >= 0.6 is 11.3 Å². The van der Waals surface area contributed by atoms with Gasteiger partial charge in [0.15, 0.2) is 11.5 Å². The fourth-order valence-corrected chi connectivity index (χ4v) is 4.30. The van der Waals surface area contributed by atoms with Crippen molar-refractivity contribution < 1.29 is 14.2 Å². The van der Waals surface area contributed by atoms with Crippen molar-refractivity contribution in [2.45, 2.75) is 25.7 Å². The monoisotopic (exact) mass is 340 g/mol. The van der Waals surface area contributed by atoms with Gasteiger partial charge in [-0.15, -0.1) is 11.3 Å². The van der Waals surface area contributed by atoms with Gasteiger partial charge >= 0.3 is 0 Å². The molecule has 0 spiro atoms. The zero-order chi connectivity index (χ0) is 16.5. The third kappa shape index (κ3) is 2.51. The predicted molar refractivity (Wildman–Crippen MR) is 92.0 cm³/mol. The largest absolute Gasteiger partial charge is 0.493 e. The Morgan fingerprint density at radius 3 is 3.00 bits per heavy atom. The van der Waals surface area contributed by atoms with Crippen molar-refractivity contribution in [3.63, 3.8) is 0 Å². The number of fused-ring (bicyclic) bond motifs is 2. The second kappa shape index (κ2) is 6.17. The van der Waals surface area contributed by atoms with Gasteiger partial charge in [-0.25, -0.2) is 4.99 Å². The first-order valence-corrected chi connectivity index (χ1v) is 8.68. The van der Waals surface area contributed by atoms with Gasteiger partial charge in [0.05, 0.1) is 12.7 Å². The summed E-state index contributed by atoms with van der Waals surface area (Å²) in [6.45, 7) is 0.197. The maximum Gasteiger partial charge on any atom is 0.231 e. The first-order chi connectivity index (χ1) is 11.8. The summed E-state index contributed by atoms with van der Waals surface area (Å²) in [5.74, 6) is 1.90. The topological polar surface area (TPSA) is 63.8 Å². The van der Waals surface area contributed by atoms with Crippen molar-refractivity contribution in [3.05, 3.63) is 33.7 Å². The van der Waals surface area contributed by atoms with Crippen LogP contribution in [0.25, 0.3) is 0 Å². The molecule has 6 heteroatoms. The van der Waals surface area contributed by atoms with Crippen LogP contribution in [0.5, 0.6) is 17.2 Å². The van der Waals surface area contributed by atoms with Crippen LogP contribution in [0.1, 0.15) is 34.4 Å². The number of nitrogens with zero attached hydrogens (tertiary/aromatic N) is 2. The Hall–Kier alpha value is -2.52. The number of benzene rings is 1. The molecule has 0 saturated carbocycles.